The van der Waals surface area contributed by atoms with Crippen molar-refractivity contribution < 1.29 is 4.79 Å². The second-order valence-electron chi connectivity index (χ2n) is 4.91. The minimum Gasteiger partial charge on any atom is -0.303 e. The van der Waals surface area contributed by atoms with Crippen LogP contribution in [0.5, 0.6) is 0 Å². The molecule has 2 rings (SSSR count). The van der Waals surface area contributed by atoms with Crippen LogP contribution in [-0.2, 0) is 4.79 Å². The van der Waals surface area contributed by atoms with E-state index in [2.05, 4.69) is 0 Å². The first kappa shape index (κ1) is 10.2. The predicted molar refractivity (Wildman–Crippen MR) is 57.8 cm³/mol. The maximum atomic E-state index is 11.0. The molecule has 79 valence electrons. The molecule has 2 atom stereocenters. The fourth-order valence-corrected chi connectivity index (χ4v) is 3.21. The molecular formula is C13H21O. The van der Waals surface area contributed by atoms with Gasteiger partial charge in [-0.25, -0.2) is 0 Å². The van der Waals surface area contributed by atoms with Gasteiger partial charge in [-0.3, -0.25) is 0 Å². The van der Waals surface area contributed by atoms with Gasteiger partial charge < -0.3 is 4.79 Å². The topological polar surface area (TPSA) is 17.1 Å². The molecule has 2 aliphatic carbocycles. The van der Waals surface area contributed by atoms with E-state index >= 15 is 0 Å². The minimum absolute atomic E-state index is 0.372. The third kappa shape index (κ3) is 2.18. The van der Waals surface area contributed by atoms with Crippen LogP contribution in [0.1, 0.15) is 57.8 Å². The third-order valence-electron chi connectivity index (χ3n) is 4.01. The quantitative estimate of drug-likeness (QED) is 0.613. The van der Waals surface area contributed by atoms with E-state index in [0.717, 1.165) is 6.42 Å². The van der Waals surface area contributed by atoms with Gasteiger partial charge in [0.1, 0.15) is 6.29 Å². The number of carbonyl (C=O) groups is 1. The highest BCUT2D eigenvalue weighted by Gasteiger charge is 2.32. The van der Waals surface area contributed by atoms with Crippen molar-refractivity contribution in [1.82, 2.24) is 0 Å². The van der Waals surface area contributed by atoms with Crippen molar-refractivity contribution in [2.24, 2.45) is 11.8 Å². The number of aldehydes is 1. The van der Waals surface area contributed by atoms with Crippen LogP contribution in [0.2, 0.25) is 0 Å². The van der Waals surface area contributed by atoms with Crippen molar-refractivity contribution in [3.05, 3.63) is 5.92 Å². The molecule has 0 amide bonds. The molecule has 0 N–H and O–H groups in total. The van der Waals surface area contributed by atoms with Crippen LogP contribution < -0.4 is 0 Å². The lowest BCUT2D eigenvalue weighted by Crippen LogP contribution is -2.27. The minimum atomic E-state index is 0.372. The number of hydrogen-bond acceptors (Lipinski definition) is 1. The largest absolute Gasteiger partial charge is 0.303 e. The molecule has 2 fully saturated rings. The van der Waals surface area contributed by atoms with Gasteiger partial charge in [0.15, 0.2) is 0 Å². The van der Waals surface area contributed by atoms with Crippen LogP contribution in [0.3, 0.4) is 0 Å². The third-order valence-corrected chi connectivity index (χ3v) is 4.01. The van der Waals surface area contributed by atoms with E-state index in [1.807, 2.05) is 0 Å². The van der Waals surface area contributed by atoms with Crippen molar-refractivity contribution in [2.45, 2.75) is 57.8 Å². The van der Waals surface area contributed by atoms with Crippen molar-refractivity contribution in [1.29, 1.82) is 0 Å². The van der Waals surface area contributed by atoms with Gasteiger partial charge >= 0.3 is 0 Å². The first-order chi connectivity index (χ1) is 6.92. The van der Waals surface area contributed by atoms with E-state index < -0.39 is 0 Å². The van der Waals surface area contributed by atoms with Gasteiger partial charge in [-0.15, -0.1) is 0 Å². The molecule has 0 aromatic rings. The lowest BCUT2D eigenvalue weighted by molar-refractivity contribution is -0.113. The van der Waals surface area contributed by atoms with E-state index in [0.29, 0.717) is 11.8 Å². The predicted octanol–water partition coefficient (Wildman–Crippen LogP) is 3.53. The summed E-state index contributed by atoms with van der Waals surface area (Å²) in [5, 5.41) is 0. The SMILES string of the molecule is O=CC1CCCCC1[C]1CCCCC1. The van der Waals surface area contributed by atoms with Crippen LogP contribution >= 0.6 is 0 Å². The Balaban J connectivity index is 1.94. The molecule has 0 aromatic heterocycles. The zero-order chi connectivity index (χ0) is 9.80. The molecule has 2 aliphatic rings. The summed E-state index contributed by atoms with van der Waals surface area (Å²) < 4.78 is 0. The van der Waals surface area contributed by atoms with E-state index in [-0.39, 0.29) is 0 Å². The maximum absolute atomic E-state index is 11.0. The lowest BCUT2D eigenvalue weighted by Gasteiger charge is -2.36. The number of rotatable bonds is 2. The van der Waals surface area contributed by atoms with Crippen LogP contribution in [-0.4, -0.2) is 6.29 Å². The Hall–Kier alpha value is -0.330. The number of carbonyl (C=O) groups excluding carboxylic acids is 1. The molecule has 1 nitrogen and oxygen atoms in total. The highest BCUT2D eigenvalue weighted by Crippen LogP contribution is 2.42. The molecule has 2 saturated carbocycles. The maximum Gasteiger partial charge on any atom is 0.123 e. The van der Waals surface area contributed by atoms with Crippen molar-refractivity contribution in [3.8, 4) is 0 Å². The molecule has 0 aliphatic heterocycles. The summed E-state index contributed by atoms with van der Waals surface area (Å²) in [6.45, 7) is 0. The fourth-order valence-electron chi connectivity index (χ4n) is 3.21. The van der Waals surface area contributed by atoms with Gasteiger partial charge in [-0.2, -0.15) is 0 Å². The molecule has 1 radical (unpaired) electrons. The van der Waals surface area contributed by atoms with Crippen molar-refractivity contribution in [3.63, 3.8) is 0 Å². The second-order valence-corrected chi connectivity index (χ2v) is 4.91. The summed E-state index contributed by atoms with van der Waals surface area (Å²) in [6, 6.07) is 0. The Kier molecular flexibility index (Phi) is 3.61. The first-order valence-electron chi connectivity index (χ1n) is 6.21. The Bertz CT molecular complexity index is 182. The fraction of sp³-hybridized carbons (Fsp3) is 0.846. The Morgan fingerprint density at radius 2 is 1.64 bits per heavy atom. The first-order valence-corrected chi connectivity index (χ1v) is 6.21. The van der Waals surface area contributed by atoms with E-state index in [4.69, 9.17) is 0 Å². The summed E-state index contributed by atoms with van der Waals surface area (Å²) in [6.07, 6.45) is 13.1. The number of hydrogen-bond donors (Lipinski definition) is 0. The summed E-state index contributed by atoms with van der Waals surface area (Å²) in [5.74, 6) is 2.77. The molecule has 0 spiro atoms. The summed E-state index contributed by atoms with van der Waals surface area (Å²) >= 11 is 0. The molecule has 0 saturated heterocycles. The van der Waals surface area contributed by atoms with Crippen molar-refractivity contribution in [2.75, 3.05) is 0 Å². The zero-order valence-electron chi connectivity index (χ0n) is 9.00. The monoisotopic (exact) mass is 193 g/mol. The van der Waals surface area contributed by atoms with Crippen LogP contribution in [0.15, 0.2) is 0 Å². The Morgan fingerprint density at radius 3 is 2.36 bits per heavy atom. The molecule has 0 aromatic carbocycles. The average molecular weight is 193 g/mol. The smallest absolute Gasteiger partial charge is 0.123 e. The molecule has 1 heteroatoms. The summed E-state index contributed by atoms with van der Waals surface area (Å²) in [4.78, 5) is 11.0. The normalized spacial score (nSPS) is 35.4. The van der Waals surface area contributed by atoms with Gasteiger partial charge in [0.25, 0.3) is 0 Å². The molecular weight excluding hydrogens is 172 g/mol. The van der Waals surface area contributed by atoms with E-state index in [1.54, 1.807) is 5.92 Å². The van der Waals surface area contributed by atoms with Gasteiger partial charge in [-0.1, -0.05) is 32.1 Å². The highest BCUT2D eigenvalue weighted by atomic mass is 16.1. The summed E-state index contributed by atoms with van der Waals surface area (Å²) in [5.41, 5.74) is 0. The molecule has 0 heterocycles. The molecule has 0 bridgehead atoms. The Morgan fingerprint density at radius 1 is 0.929 bits per heavy atom. The van der Waals surface area contributed by atoms with Gasteiger partial charge in [0.2, 0.25) is 0 Å². The Labute approximate surface area is 87.3 Å². The average Bonchev–Trinajstić information content (AvgIpc) is 2.30. The van der Waals surface area contributed by atoms with Gasteiger partial charge in [-0.05, 0) is 37.5 Å². The van der Waals surface area contributed by atoms with Gasteiger partial charge in [0.05, 0.1) is 0 Å². The zero-order valence-corrected chi connectivity index (χ0v) is 9.00. The second kappa shape index (κ2) is 4.95. The lowest BCUT2D eigenvalue weighted by atomic mass is 9.68. The highest BCUT2D eigenvalue weighted by molar-refractivity contribution is 5.55. The van der Waals surface area contributed by atoms with Crippen molar-refractivity contribution >= 4 is 6.29 Å². The van der Waals surface area contributed by atoms with Gasteiger partial charge in [0, 0.05) is 5.92 Å². The molecule has 14 heavy (non-hydrogen) atoms. The standard InChI is InChI=1S/C13H21O/c14-10-12-8-4-5-9-13(12)11-6-2-1-3-7-11/h10,12-13H,1-9H2. The summed E-state index contributed by atoms with van der Waals surface area (Å²) in [7, 11) is 0. The van der Waals surface area contributed by atoms with Crippen LogP contribution in [0.4, 0.5) is 0 Å². The molecule has 2 unspecified atom stereocenters. The van der Waals surface area contributed by atoms with Crippen LogP contribution in [0.25, 0.3) is 0 Å². The van der Waals surface area contributed by atoms with E-state index in [1.165, 1.54) is 57.7 Å². The van der Waals surface area contributed by atoms with E-state index in [9.17, 15) is 4.79 Å². The van der Waals surface area contributed by atoms with Crippen LogP contribution in [0, 0.1) is 17.8 Å².